The first-order valence-electron chi connectivity index (χ1n) is 8.84. The van der Waals surface area contributed by atoms with Gasteiger partial charge < -0.3 is 0 Å². The van der Waals surface area contributed by atoms with Crippen LogP contribution in [-0.4, -0.2) is 22.5 Å². The molecule has 2 unspecified atom stereocenters. The molecule has 3 heteroatoms. The third kappa shape index (κ3) is 3.46. The van der Waals surface area contributed by atoms with Crippen LogP contribution in [0.5, 0.6) is 0 Å². The van der Waals surface area contributed by atoms with Gasteiger partial charge in [-0.1, -0.05) is 36.7 Å². The Hall–Kier alpha value is -1.32. The van der Waals surface area contributed by atoms with Crippen LogP contribution in [0.3, 0.4) is 0 Å². The molecule has 120 valence electrons. The molecule has 0 radical (unpaired) electrons. The summed E-state index contributed by atoms with van der Waals surface area (Å²) in [5.41, 5.74) is 1.51. The minimum absolute atomic E-state index is 0.643. The summed E-state index contributed by atoms with van der Waals surface area (Å²) in [6.07, 6.45) is 12.0. The number of rotatable bonds is 3. The highest BCUT2D eigenvalue weighted by molar-refractivity contribution is 7.99. The van der Waals surface area contributed by atoms with Crippen molar-refractivity contribution in [2.24, 2.45) is 0 Å². The molecular formula is C20H24N2S. The van der Waals surface area contributed by atoms with Crippen LogP contribution in [0, 0.1) is 0 Å². The highest BCUT2D eigenvalue weighted by Gasteiger charge is 2.32. The van der Waals surface area contributed by atoms with Gasteiger partial charge in [-0.3, -0.25) is 9.88 Å². The SMILES string of the molecule is c1cc(Sc2ccc(C3CCCCC4CCCN43)cc2)ccn1. The topological polar surface area (TPSA) is 16.1 Å². The highest BCUT2D eigenvalue weighted by Crippen LogP contribution is 2.38. The molecule has 2 atom stereocenters. The van der Waals surface area contributed by atoms with E-state index in [-0.39, 0.29) is 0 Å². The monoisotopic (exact) mass is 324 g/mol. The van der Waals surface area contributed by atoms with Gasteiger partial charge in [0.25, 0.3) is 0 Å². The molecule has 1 aromatic heterocycles. The quantitative estimate of drug-likeness (QED) is 0.761. The minimum Gasteiger partial charge on any atom is -0.293 e. The van der Waals surface area contributed by atoms with E-state index >= 15 is 0 Å². The molecule has 2 nitrogen and oxygen atoms in total. The predicted molar refractivity (Wildman–Crippen MR) is 95.7 cm³/mol. The van der Waals surface area contributed by atoms with Gasteiger partial charge in [-0.25, -0.2) is 0 Å². The third-order valence-electron chi connectivity index (χ3n) is 5.24. The van der Waals surface area contributed by atoms with E-state index in [1.54, 1.807) is 0 Å². The van der Waals surface area contributed by atoms with Gasteiger partial charge in [0.05, 0.1) is 0 Å². The van der Waals surface area contributed by atoms with E-state index in [1.165, 1.54) is 60.4 Å². The van der Waals surface area contributed by atoms with Gasteiger partial charge in [-0.2, -0.15) is 0 Å². The molecule has 0 amide bonds. The molecule has 0 bridgehead atoms. The molecule has 23 heavy (non-hydrogen) atoms. The fourth-order valence-electron chi connectivity index (χ4n) is 4.12. The molecule has 2 fully saturated rings. The number of aromatic nitrogens is 1. The molecule has 2 aromatic rings. The summed E-state index contributed by atoms with van der Waals surface area (Å²) in [4.78, 5) is 9.44. The van der Waals surface area contributed by atoms with Crippen LogP contribution in [-0.2, 0) is 0 Å². The lowest BCUT2D eigenvalue weighted by atomic mass is 10.0. The van der Waals surface area contributed by atoms with Crippen LogP contribution in [0.4, 0.5) is 0 Å². The Morgan fingerprint density at radius 2 is 1.52 bits per heavy atom. The fraction of sp³-hybridized carbons (Fsp3) is 0.450. The average molecular weight is 324 g/mol. The first kappa shape index (κ1) is 15.2. The second-order valence-corrected chi connectivity index (χ2v) is 7.84. The van der Waals surface area contributed by atoms with Crippen molar-refractivity contribution in [1.29, 1.82) is 0 Å². The van der Waals surface area contributed by atoms with Crippen molar-refractivity contribution in [3.8, 4) is 0 Å². The summed E-state index contributed by atoms with van der Waals surface area (Å²) in [5, 5.41) is 0. The van der Waals surface area contributed by atoms with E-state index in [4.69, 9.17) is 0 Å². The van der Waals surface area contributed by atoms with Crippen molar-refractivity contribution in [3.63, 3.8) is 0 Å². The van der Waals surface area contributed by atoms with Crippen LogP contribution in [0.25, 0.3) is 0 Å². The standard InChI is InChI=1S/C20H24N2S/c1-2-6-20(22-15-3-5-17(22)4-1)16-7-9-18(10-8-16)23-19-11-13-21-14-12-19/h7-14,17,20H,1-6,15H2. The number of fused-ring (bicyclic) bond motifs is 1. The normalized spacial score (nSPS) is 25.0. The van der Waals surface area contributed by atoms with E-state index in [0.29, 0.717) is 6.04 Å². The predicted octanol–water partition coefficient (Wildman–Crippen LogP) is 5.31. The maximum absolute atomic E-state index is 4.08. The van der Waals surface area contributed by atoms with Crippen LogP contribution >= 0.6 is 11.8 Å². The van der Waals surface area contributed by atoms with E-state index in [2.05, 4.69) is 46.3 Å². The molecule has 0 saturated carbocycles. The first-order chi connectivity index (χ1) is 11.4. The maximum atomic E-state index is 4.08. The van der Waals surface area contributed by atoms with Gasteiger partial charge in [0, 0.05) is 34.3 Å². The molecule has 0 N–H and O–H groups in total. The number of hydrogen-bond donors (Lipinski definition) is 0. The highest BCUT2D eigenvalue weighted by atomic mass is 32.2. The van der Waals surface area contributed by atoms with E-state index < -0.39 is 0 Å². The molecular weight excluding hydrogens is 300 g/mol. The summed E-state index contributed by atoms with van der Waals surface area (Å²) in [7, 11) is 0. The molecule has 0 spiro atoms. The van der Waals surface area contributed by atoms with Gasteiger partial charge in [0.1, 0.15) is 0 Å². The lowest BCUT2D eigenvalue weighted by Gasteiger charge is -2.31. The maximum Gasteiger partial charge on any atom is 0.0351 e. The second-order valence-electron chi connectivity index (χ2n) is 6.69. The largest absolute Gasteiger partial charge is 0.293 e. The van der Waals surface area contributed by atoms with Crippen LogP contribution in [0.15, 0.2) is 58.6 Å². The minimum atomic E-state index is 0.643. The molecule has 1 aromatic carbocycles. The Bertz CT molecular complexity index is 626. The third-order valence-corrected chi connectivity index (χ3v) is 6.25. The molecule has 2 saturated heterocycles. The Morgan fingerprint density at radius 3 is 2.35 bits per heavy atom. The number of pyridine rings is 1. The summed E-state index contributed by atoms with van der Waals surface area (Å²) in [6.45, 7) is 1.29. The van der Waals surface area contributed by atoms with Gasteiger partial charge >= 0.3 is 0 Å². The summed E-state index contributed by atoms with van der Waals surface area (Å²) in [6, 6.07) is 14.9. The zero-order valence-corrected chi connectivity index (χ0v) is 14.3. The van der Waals surface area contributed by atoms with Crippen molar-refractivity contribution >= 4 is 11.8 Å². The van der Waals surface area contributed by atoms with Crippen LogP contribution in [0.1, 0.15) is 50.1 Å². The van der Waals surface area contributed by atoms with E-state index in [0.717, 1.165) is 6.04 Å². The average Bonchev–Trinajstić information content (AvgIpc) is 2.96. The molecule has 0 aliphatic carbocycles. The molecule has 2 aliphatic rings. The van der Waals surface area contributed by atoms with Gasteiger partial charge in [0.15, 0.2) is 0 Å². The smallest absolute Gasteiger partial charge is 0.0351 e. The van der Waals surface area contributed by atoms with E-state index in [1.807, 2.05) is 24.2 Å². The zero-order valence-electron chi connectivity index (χ0n) is 13.5. The Labute approximate surface area is 143 Å². The molecule has 4 rings (SSSR count). The number of nitrogens with zero attached hydrogens (tertiary/aromatic N) is 2. The van der Waals surface area contributed by atoms with Crippen molar-refractivity contribution in [1.82, 2.24) is 9.88 Å². The molecule has 3 heterocycles. The summed E-state index contributed by atoms with van der Waals surface area (Å²) in [5.74, 6) is 0. The van der Waals surface area contributed by atoms with Crippen molar-refractivity contribution < 1.29 is 0 Å². The Morgan fingerprint density at radius 1 is 0.826 bits per heavy atom. The second kappa shape index (κ2) is 7.06. The first-order valence-corrected chi connectivity index (χ1v) is 9.65. The summed E-state index contributed by atoms with van der Waals surface area (Å²) >= 11 is 1.81. The number of hydrogen-bond acceptors (Lipinski definition) is 3. The lowest BCUT2D eigenvalue weighted by molar-refractivity contribution is 0.182. The zero-order chi connectivity index (χ0) is 15.5. The van der Waals surface area contributed by atoms with Crippen molar-refractivity contribution in [2.75, 3.05) is 6.54 Å². The summed E-state index contributed by atoms with van der Waals surface area (Å²) < 4.78 is 0. The Kier molecular flexibility index (Phi) is 4.67. The fourth-order valence-corrected chi connectivity index (χ4v) is 4.92. The van der Waals surface area contributed by atoms with E-state index in [9.17, 15) is 0 Å². The van der Waals surface area contributed by atoms with Gasteiger partial charge in [0.2, 0.25) is 0 Å². The van der Waals surface area contributed by atoms with Crippen LogP contribution in [0.2, 0.25) is 0 Å². The number of benzene rings is 1. The molecule has 2 aliphatic heterocycles. The lowest BCUT2D eigenvalue weighted by Crippen LogP contribution is -2.31. The van der Waals surface area contributed by atoms with Crippen molar-refractivity contribution in [2.45, 2.75) is 60.4 Å². The van der Waals surface area contributed by atoms with Gasteiger partial charge in [-0.05, 0) is 62.1 Å². The van der Waals surface area contributed by atoms with Gasteiger partial charge in [-0.15, -0.1) is 0 Å². The van der Waals surface area contributed by atoms with Crippen LogP contribution < -0.4 is 0 Å². The Balaban J connectivity index is 1.50. The van der Waals surface area contributed by atoms with Crippen molar-refractivity contribution in [3.05, 3.63) is 54.4 Å².